The van der Waals surface area contributed by atoms with E-state index in [9.17, 15) is 4.79 Å². The summed E-state index contributed by atoms with van der Waals surface area (Å²) in [6, 6.07) is 10.5. The van der Waals surface area contributed by atoms with Crippen LogP contribution in [0.5, 0.6) is 0 Å². The van der Waals surface area contributed by atoms with Crippen molar-refractivity contribution in [1.29, 1.82) is 0 Å². The van der Waals surface area contributed by atoms with E-state index in [0.29, 0.717) is 0 Å². The SMILES string of the molecule is CC(=O)Nc1ccc(C)c(NC(C)c2ccc(C)s2)c1. The zero-order valence-corrected chi connectivity index (χ0v) is 13.1. The van der Waals surface area contributed by atoms with Crippen molar-refractivity contribution in [3.05, 3.63) is 45.6 Å². The molecule has 1 heterocycles. The molecule has 2 aromatic rings. The van der Waals surface area contributed by atoms with Crippen molar-refractivity contribution in [2.24, 2.45) is 0 Å². The zero-order valence-electron chi connectivity index (χ0n) is 12.3. The monoisotopic (exact) mass is 288 g/mol. The van der Waals surface area contributed by atoms with Gasteiger partial charge in [-0.3, -0.25) is 4.79 Å². The molecule has 0 radical (unpaired) electrons. The summed E-state index contributed by atoms with van der Waals surface area (Å²) >= 11 is 1.80. The van der Waals surface area contributed by atoms with Crippen LogP contribution in [-0.4, -0.2) is 5.91 Å². The average molecular weight is 288 g/mol. The summed E-state index contributed by atoms with van der Waals surface area (Å²) in [5.41, 5.74) is 3.04. The molecule has 2 rings (SSSR count). The lowest BCUT2D eigenvalue weighted by Crippen LogP contribution is -2.09. The van der Waals surface area contributed by atoms with Gasteiger partial charge in [-0.1, -0.05) is 6.07 Å². The van der Waals surface area contributed by atoms with Crippen molar-refractivity contribution >= 4 is 28.6 Å². The number of carbonyl (C=O) groups excluding carboxylic acids is 1. The lowest BCUT2D eigenvalue weighted by atomic mass is 10.1. The van der Waals surface area contributed by atoms with Crippen molar-refractivity contribution in [3.63, 3.8) is 0 Å². The Bertz CT molecular complexity index is 619. The Morgan fingerprint density at radius 2 is 1.95 bits per heavy atom. The minimum atomic E-state index is -0.0540. The Morgan fingerprint density at radius 1 is 1.20 bits per heavy atom. The molecule has 0 bridgehead atoms. The molecule has 0 aliphatic rings. The zero-order chi connectivity index (χ0) is 14.7. The van der Waals surface area contributed by atoms with Crippen LogP contribution in [0.15, 0.2) is 30.3 Å². The van der Waals surface area contributed by atoms with Crippen molar-refractivity contribution in [2.75, 3.05) is 10.6 Å². The smallest absolute Gasteiger partial charge is 0.221 e. The van der Waals surface area contributed by atoms with Crippen LogP contribution in [0, 0.1) is 13.8 Å². The molecule has 1 aromatic carbocycles. The van der Waals surface area contributed by atoms with E-state index in [4.69, 9.17) is 0 Å². The predicted molar refractivity (Wildman–Crippen MR) is 86.6 cm³/mol. The maximum Gasteiger partial charge on any atom is 0.221 e. The van der Waals surface area contributed by atoms with Gasteiger partial charge >= 0.3 is 0 Å². The van der Waals surface area contributed by atoms with Gasteiger partial charge in [-0.15, -0.1) is 11.3 Å². The molecule has 106 valence electrons. The van der Waals surface area contributed by atoms with Gasteiger partial charge in [-0.05, 0) is 50.6 Å². The number of hydrogen-bond donors (Lipinski definition) is 2. The second-order valence-electron chi connectivity index (χ2n) is 5.03. The number of aryl methyl sites for hydroxylation is 2. The molecule has 1 aromatic heterocycles. The number of rotatable bonds is 4. The van der Waals surface area contributed by atoms with Crippen LogP contribution < -0.4 is 10.6 Å². The fraction of sp³-hybridized carbons (Fsp3) is 0.312. The third-order valence-electron chi connectivity index (χ3n) is 3.12. The largest absolute Gasteiger partial charge is 0.377 e. The Labute approximate surface area is 124 Å². The predicted octanol–water partition coefficient (Wildman–Crippen LogP) is 4.50. The summed E-state index contributed by atoms with van der Waals surface area (Å²) in [5, 5.41) is 6.33. The molecule has 20 heavy (non-hydrogen) atoms. The summed E-state index contributed by atoms with van der Waals surface area (Å²) in [5.74, 6) is -0.0540. The molecular formula is C16H20N2OS. The molecule has 1 unspecified atom stereocenters. The van der Waals surface area contributed by atoms with Gasteiger partial charge in [0.25, 0.3) is 0 Å². The van der Waals surface area contributed by atoms with E-state index in [2.05, 4.69) is 43.5 Å². The molecule has 4 heteroatoms. The summed E-state index contributed by atoms with van der Waals surface area (Å²) in [6.07, 6.45) is 0. The van der Waals surface area contributed by atoms with Gasteiger partial charge in [-0.2, -0.15) is 0 Å². The molecule has 0 aliphatic carbocycles. The Hall–Kier alpha value is -1.81. The highest BCUT2D eigenvalue weighted by molar-refractivity contribution is 7.12. The number of nitrogens with one attached hydrogen (secondary N) is 2. The molecule has 3 nitrogen and oxygen atoms in total. The first-order valence-corrected chi connectivity index (χ1v) is 7.48. The summed E-state index contributed by atoms with van der Waals surface area (Å²) < 4.78 is 0. The number of anilines is 2. The van der Waals surface area contributed by atoms with Gasteiger partial charge in [0.1, 0.15) is 0 Å². The summed E-state index contributed by atoms with van der Waals surface area (Å²) in [6.45, 7) is 7.84. The Balaban J connectivity index is 2.17. The van der Waals surface area contributed by atoms with Crippen molar-refractivity contribution < 1.29 is 4.79 Å². The number of hydrogen-bond acceptors (Lipinski definition) is 3. The summed E-state index contributed by atoms with van der Waals surface area (Å²) in [4.78, 5) is 13.8. The Morgan fingerprint density at radius 3 is 2.55 bits per heavy atom. The second kappa shape index (κ2) is 6.09. The molecular weight excluding hydrogens is 268 g/mol. The van der Waals surface area contributed by atoms with Crippen LogP contribution in [0.1, 0.15) is 35.2 Å². The first-order chi connectivity index (χ1) is 9.45. The fourth-order valence-corrected chi connectivity index (χ4v) is 2.93. The minimum absolute atomic E-state index is 0.0540. The van der Waals surface area contributed by atoms with Crippen LogP contribution >= 0.6 is 11.3 Å². The molecule has 1 atom stereocenters. The molecule has 0 saturated carbocycles. The normalized spacial score (nSPS) is 12.0. The van der Waals surface area contributed by atoms with E-state index in [1.807, 2.05) is 18.2 Å². The van der Waals surface area contributed by atoms with Gasteiger partial charge in [-0.25, -0.2) is 0 Å². The van der Waals surface area contributed by atoms with Gasteiger partial charge in [0, 0.05) is 28.1 Å². The molecule has 1 amide bonds. The minimum Gasteiger partial charge on any atom is -0.377 e. The van der Waals surface area contributed by atoms with Gasteiger partial charge in [0.2, 0.25) is 5.91 Å². The first-order valence-electron chi connectivity index (χ1n) is 6.67. The van der Waals surface area contributed by atoms with E-state index in [1.54, 1.807) is 11.3 Å². The van der Waals surface area contributed by atoms with Gasteiger partial charge in [0.05, 0.1) is 6.04 Å². The van der Waals surface area contributed by atoms with Crippen LogP contribution in [0.3, 0.4) is 0 Å². The topological polar surface area (TPSA) is 41.1 Å². The number of amides is 1. The lowest BCUT2D eigenvalue weighted by molar-refractivity contribution is -0.114. The maximum atomic E-state index is 11.1. The third-order valence-corrected chi connectivity index (χ3v) is 4.30. The van der Waals surface area contributed by atoms with Gasteiger partial charge < -0.3 is 10.6 Å². The molecule has 2 N–H and O–H groups in total. The Kier molecular flexibility index (Phi) is 4.45. The standard InChI is InChI=1S/C16H20N2OS/c1-10-5-7-14(18-13(4)19)9-15(10)17-12(3)16-8-6-11(2)20-16/h5-9,12,17H,1-4H3,(H,18,19). The van der Waals surface area contributed by atoms with E-state index in [-0.39, 0.29) is 11.9 Å². The first kappa shape index (κ1) is 14.6. The highest BCUT2D eigenvalue weighted by Crippen LogP contribution is 2.28. The lowest BCUT2D eigenvalue weighted by Gasteiger charge is -2.17. The number of carbonyl (C=O) groups is 1. The van der Waals surface area contributed by atoms with Crippen LogP contribution in [0.2, 0.25) is 0 Å². The number of benzene rings is 1. The van der Waals surface area contributed by atoms with E-state index < -0.39 is 0 Å². The summed E-state index contributed by atoms with van der Waals surface area (Å²) in [7, 11) is 0. The fourth-order valence-electron chi connectivity index (χ4n) is 2.05. The quantitative estimate of drug-likeness (QED) is 0.870. The molecule has 0 fully saturated rings. The van der Waals surface area contributed by atoms with E-state index >= 15 is 0 Å². The van der Waals surface area contributed by atoms with Crippen LogP contribution in [0.4, 0.5) is 11.4 Å². The third kappa shape index (κ3) is 3.61. The molecule has 0 aliphatic heterocycles. The van der Waals surface area contributed by atoms with Crippen molar-refractivity contribution in [3.8, 4) is 0 Å². The van der Waals surface area contributed by atoms with Crippen LogP contribution in [-0.2, 0) is 4.79 Å². The van der Waals surface area contributed by atoms with Crippen molar-refractivity contribution in [1.82, 2.24) is 0 Å². The van der Waals surface area contributed by atoms with Crippen molar-refractivity contribution in [2.45, 2.75) is 33.7 Å². The van der Waals surface area contributed by atoms with Crippen LogP contribution in [0.25, 0.3) is 0 Å². The number of thiophene rings is 1. The second-order valence-corrected chi connectivity index (χ2v) is 6.34. The molecule has 0 saturated heterocycles. The maximum absolute atomic E-state index is 11.1. The van der Waals surface area contributed by atoms with Gasteiger partial charge in [0.15, 0.2) is 0 Å². The average Bonchev–Trinajstić information content (AvgIpc) is 2.79. The van der Waals surface area contributed by atoms with E-state index in [0.717, 1.165) is 11.4 Å². The highest BCUT2D eigenvalue weighted by atomic mass is 32.1. The molecule has 0 spiro atoms. The highest BCUT2D eigenvalue weighted by Gasteiger charge is 2.09. The van der Waals surface area contributed by atoms with E-state index in [1.165, 1.54) is 22.2 Å².